The van der Waals surface area contributed by atoms with Crippen molar-refractivity contribution in [2.24, 2.45) is 0 Å². The first-order chi connectivity index (χ1) is 5.25. The molecule has 2 heterocycles. The van der Waals surface area contributed by atoms with Crippen LogP contribution in [0.4, 0.5) is 0 Å². The predicted octanol–water partition coefficient (Wildman–Crippen LogP) is 0.499. The van der Waals surface area contributed by atoms with Crippen LogP contribution in [-0.2, 0) is 13.0 Å². The highest BCUT2D eigenvalue weighted by molar-refractivity contribution is 5.11. The Balaban J connectivity index is 2.34. The molecule has 2 rings (SSSR count). The quantitative estimate of drug-likeness (QED) is 0.587. The number of aromatic nitrogens is 2. The molecule has 1 aromatic rings. The van der Waals surface area contributed by atoms with Crippen molar-refractivity contribution in [3.63, 3.8) is 0 Å². The van der Waals surface area contributed by atoms with Gasteiger partial charge >= 0.3 is 0 Å². The number of aryl methyl sites for hydroxylation is 2. The van der Waals surface area contributed by atoms with Gasteiger partial charge in [-0.15, -0.1) is 0 Å². The summed E-state index contributed by atoms with van der Waals surface area (Å²) in [6, 6.07) is 2.04. The van der Waals surface area contributed by atoms with E-state index in [1.54, 1.807) is 0 Å². The minimum atomic E-state index is -0.154. The third kappa shape index (κ3) is 1.16. The lowest BCUT2D eigenvalue weighted by Crippen LogP contribution is -2.23. The number of rotatable bonds is 0. The van der Waals surface area contributed by atoms with Gasteiger partial charge in [0.2, 0.25) is 0 Å². The molecule has 1 aliphatic rings. The molecule has 0 fully saturated rings. The maximum absolute atomic E-state index is 9.32. The zero-order chi connectivity index (χ0) is 7.84. The highest BCUT2D eigenvalue weighted by Crippen LogP contribution is 2.14. The van der Waals surface area contributed by atoms with Gasteiger partial charge in [-0.1, -0.05) is 0 Å². The number of nitrogens with zero attached hydrogens (tertiary/aromatic N) is 2. The molecule has 0 unspecified atom stereocenters. The fourth-order valence-electron chi connectivity index (χ4n) is 1.57. The van der Waals surface area contributed by atoms with Crippen LogP contribution in [0.5, 0.6) is 0 Å². The van der Waals surface area contributed by atoms with E-state index >= 15 is 0 Å². The van der Waals surface area contributed by atoms with E-state index < -0.39 is 0 Å². The first-order valence-corrected chi connectivity index (χ1v) is 3.97. The van der Waals surface area contributed by atoms with E-state index in [0.717, 1.165) is 25.1 Å². The van der Waals surface area contributed by atoms with E-state index in [0.29, 0.717) is 0 Å². The molecule has 3 heteroatoms. The van der Waals surface area contributed by atoms with Gasteiger partial charge in [0, 0.05) is 18.7 Å². The van der Waals surface area contributed by atoms with E-state index in [1.807, 2.05) is 17.7 Å². The molecule has 60 valence electrons. The Labute approximate surface area is 65.7 Å². The summed E-state index contributed by atoms with van der Waals surface area (Å²) in [5.74, 6) is 0. The van der Waals surface area contributed by atoms with Crippen LogP contribution >= 0.6 is 0 Å². The van der Waals surface area contributed by atoms with Crippen LogP contribution < -0.4 is 0 Å². The molecule has 0 saturated heterocycles. The fourth-order valence-corrected chi connectivity index (χ4v) is 1.57. The summed E-state index contributed by atoms with van der Waals surface area (Å²) in [7, 11) is 0. The van der Waals surface area contributed by atoms with Crippen molar-refractivity contribution < 1.29 is 5.11 Å². The van der Waals surface area contributed by atoms with Crippen LogP contribution in [0.15, 0.2) is 6.07 Å². The van der Waals surface area contributed by atoms with Crippen molar-refractivity contribution in [1.82, 2.24) is 9.78 Å². The van der Waals surface area contributed by atoms with Crippen LogP contribution in [0.25, 0.3) is 0 Å². The van der Waals surface area contributed by atoms with Gasteiger partial charge in [0.1, 0.15) is 0 Å². The Morgan fingerprint density at radius 2 is 2.55 bits per heavy atom. The van der Waals surface area contributed by atoms with Crippen LogP contribution in [0.3, 0.4) is 0 Å². The minimum absolute atomic E-state index is 0.154. The Bertz CT molecular complexity index is 267. The molecule has 0 amide bonds. The van der Waals surface area contributed by atoms with Gasteiger partial charge in [0.05, 0.1) is 11.8 Å². The lowest BCUT2D eigenvalue weighted by Gasteiger charge is -2.17. The zero-order valence-corrected chi connectivity index (χ0v) is 6.62. The van der Waals surface area contributed by atoms with Crippen molar-refractivity contribution in [2.75, 3.05) is 0 Å². The second-order valence-corrected chi connectivity index (χ2v) is 3.15. The van der Waals surface area contributed by atoms with Crippen molar-refractivity contribution in [3.8, 4) is 0 Å². The van der Waals surface area contributed by atoms with Crippen molar-refractivity contribution >= 4 is 0 Å². The molecule has 1 atom stereocenters. The monoisotopic (exact) mass is 152 g/mol. The van der Waals surface area contributed by atoms with Gasteiger partial charge in [0.25, 0.3) is 0 Å². The minimum Gasteiger partial charge on any atom is -0.393 e. The molecule has 11 heavy (non-hydrogen) atoms. The normalized spacial score (nSPS) is 23.3. The summed E-state index contributed by atoms with van der Waals surface area (Å²) < 4.78 is 1.99. The summed E-state index contributed by atoms with van der Waals surface area (Å²) in [4.78, 5) is 0. The summed E-state index contributed by atoms with van der Waals surface area (Å²) in [5, 5.41) is 13.6. The van der Waals surface area contributed by atoms with Crippen LogP contribution in [-0.4, -0.2) is 21.0 Å². The number of aliphatic hydroxyl groups excluding tert-OH is 1. The molecule has 0 aromatic carbocycles. The fraction of sp³-hybridized carbons (Fsp3) is 0.625. The van der Waals surface area contributed by atoms with Crippen LogP contribution in [0.1, 0.15) is 17.8 Å². The molecule has 1 aromatic heterocycles. The molecule has 1 aliphatic heterocycles. The summed E-state index contributed by atoms with van der Waals surface area (Å²) >= 11 is 0. The first-order valence-electron chi connectivity index (χ1n) is 3.97. The van der Waals surface area contributed by atoms with Gasteiger partial charge < -0.3 is 5.11 Å². The standard InChI is InChI=1S/C8H12N2O/c1-6-4-7-5-8(11)2-3-10(7)9-6/h4,8,11H,2-3,5H2,1H3/t8-/m1/s1. The maximum Gasteiger partial charge on any atom is 0.0613 e. The lowest BCUT2D eigenvalue weighted by molar-refractivity contribution is 0.140. The smallest absolute Gasteiger partial charge is 0.0613 e. The molecule has 0 radical (unpaired) electrons. The molecule has 0 bridgehead atoms. The third-order valence-corrected chi connectivity index (χ3v) is 2.10. The first kappa shape index (κ1) is 6.85. The molecule has 0 spiro atoms. The van der Waals surface area contributed by atoms with Gasteiger partial charge in [-0.3, -0.25) is 4.68 Å². The second-order valence-electron chi connectivity index (χ2n) is 3.15. The summed E-state index contributed by atoms with van der Waals surface area (Å²) in [6.07, 6.45) is 1.45. The molecular weight excluding hydrogens is 140 g/mol. The van der Waals surface area contributed by atoms with E-state index in [9.17, 15) is 5.11 Å². The van der Waals surface area contributed by atoms with Crippen LogP contribution in [0.2, 0.25) is 0 Å². The molecular formula is C8H12N2O. The third-order valence-electron chi connectivity index (χ3n) is 2.10. The van der Waals surface area contributed by atoms with E-state index in [2.05, 4.69) is 5.10 Å². The van der Waals surface area contributed by atoms with Crippen molar-refractivity contribution in [3.05, 3.63) is 17.5 Å². The van der Waals surface area contributed by atoms with Gasteiger partial charge in [-0.2, -0.15) is 5.10 Å². The number of hydrogen-bond donors (Lipinski definition) is 1. The average Bonchev–Trinajstić information content (AvgIpc) is 2.27. The molecule has 3 nitrogen and oxygen atoms in total. The maximum atomic E-state index is 9.32. The van der Waals surface area contributed by atoms with Gasteiger partial charge in [0.15, 0.2) is 0 Å². The van der Waals surface area contributed by atoms with Gasteiger partial charge in [-0.25, -0.2) is 0 Å². The molecule has 1 N–H and O–H groups in total. The largest absolute Gasteiger partial charge is 0.393 e. The topological polar surface area (TPSA) is 38.0 Å². The predicted molar refractivity (Wildman–Crippen MR) is 41.3 cm³/mol. The average molecular weight is 152 g/mol. The summed E-state index contributed by atoms with van der Waals surface area (Å²) in [5.41, 5.74) is 2.22. The zero-order valence-electron chi connectivity index (χ0n) is 6.62. The Kier molecular flexibility index (Phi) is 1.46. The van der Waals surface area contributed by atoms with E-state index in [4.69, 9.17) is 0 Å². The lowest BCUT2D eigenvalue weighted by atomic mass is 10.1. The highest BCUT2D eigenvalue weighted by Gasteiger charge is 2.16. The number of aliphatic hydroxyl groups is 1. The number of fused-ring (bicyclic) bond motifs is 1. The molecule has 0 saturated carbocycles. The van der Waals surface area contributed by atoms with E-state index in [-0.39, 0.29) is 6.10 Å². The Morgan fingerprint density at radius 3 is 3.36 bits per heavy atom. The Morgan fingerprint density at radius 1 is 1.73 bits per heavy atom. The van der Waals surface area contributed by atoms with Gasteiger partial charge in [-0.05, 0) is 19.4 Å². The SMILES string of the molecule is Cc1cc2n(n1)CC[C@@H](O)C2. The Hall–Kier alpha value is -0.830. The number of hydrogen-bond acceptors (Lipinski definition) is 2. The van der Waals surface area contributed by atoms with Crippen LogP contribution in [0, 0.1) is 6.92 Å². The second kappa shape index (κ2) is 2.34. The van der Waals surface area contributed by atoms with E-state index in [1.165, 1.54) is 5.69 Å². The van der Waals surface area contributed by atoms with Crippen molar-refractivity contribution in [2.45, 2.75) is 32.4 Å². The van der Waals surface area contributed by atoms with Crippen molar-refractivity contribution in [1.29, 1.82) is 0 Å². The highest BCUT2D eigenvalue weighted by atomic mass is 16.3. The summed E-state index contributed by atoms with van der Waals surface area (Å²) in [6.45, 7) is 2.85. The molecule has 0 aliphatic carbocycles.